The highest BCUT2D eigenvalue weighted by atomic mass is 35.5. The van der Waals surface area contributed by atoms with Crippen LogP contribution in [-0.4, -0.2) is 43.8 Å². The van der Waals surface area contributed by atoms with Crippen LogP contribution in [0.1, 0.15) is 55.9 Å². The molecule has 3 aromatic rings. The highest BCUT2D eigenvalue weighted by molar-refractivity contribution is 7.92. The number of amides is 2. The van der Waals surface area contributed by atoms with Gasteiger partial charge in [-0.25, -0.2) is 8.42 Å². The van der Waals surface area contributed by atoms with E-state index in [0.29, 0.717) is 22.7 Å². The molecule has 3 rings (SSSR count). The lowest BCUT2D eigenvalue weighted by Gasteiger charge is -2.34. The van der Waals surface area contributed by atoms with Crippen molar-refractivity contribution in [3.8, 4) is 0 Å². The highest BCUT2D eigenvalue weighted by Crippen LogP contribution is 2.29. The van der Waals surface area contributed by atoms with Gasteiger partial charge in [0.05, 0.1) is 10.6 Å². The van der Waals surface area contributed by atoms with Gasteiger partial charge in [-0.1, -0.05) is 73.0 Å². The number of carbonyl (C=O) groups excluding carboxylic acids is 2. The normalized spacial score (nSPS) is 12.9. The van der Waals surface area contributed by atoms with E-state index in [1.807, 2.05) is 58.9 Å². The third-order valence-corrected chi connectivity index (χ3v) is 9.18. The Morgan fingerprint density at radius 3 is 2.00 bits per heavy atom. The van der Waals surface area contributed by atoms with Gasteiger partial charge in [-0.05, 0) is 82.0 Å². The molecular formula is C32H40ClN3O4S. The molecule has 2 amide bonds. The molecule has 0 fully saturated rings. The Hall–Kier alpha value is -3.36. The van der Waals surface area contributed by atoms with Crippen molar-refractivity contribution in [2.75, 3.05) is 10.8 Å². The smallest absolute Gasteiger partial charge is 0.264 e. The summed E-state index contributed by atoms with van der Waals surface area (Å²) in [5.74, 6) is -0.750. The van der Waals surface area contributed by atoms with Crippen LogP contribution < -0.4 is 9.62 Å². The lowest BCUT2D eigenvalue weighted by atomic mass is 10.1. The predicted molar refractivity (Wildman–Crippen MR) is 166 cm³/mol. The van der Waals surface area contributed by atoms with Crippen molar-refractivity contribution in [1.29, 1.82) is 0 Å². The van der Waals surface area contributed by atoms with E-state index in [2.05, 4.69) is 5.32 Å². The number of carbonyl (C=O) groups is 2. The van der Waals surface area contributed by atoms with Crippen molar-refractivity contribution in [2.24, 2.45) is 0 Å². The van der Waals surface area contributed by atoms with E-state index in [-0.39, 0.29) is 23.4 Å². The van der Waals surface area contributed by atoms with Crippen molar-refractivity contribution in [3.05, 3.63) is 94.0 Å². The number of anilines is 1. The fraction of sp³-hybridized carbons (Fsp3) is 0.375. The van der Waals surface area contributed by atoms with E-state index in [1.54, 1.807) is 37.3 Å². The number of nitrogens with one attached hydrogen (secondary N) is 1. The van der Waals surface area contributed by atoms with E-state index in [1.165, 1.54) is 17.0 Å². The number of nitrogens with zero attached hydrogens (tertiary/aromatic N) is 2. The summed E-state index contributed by atoms with van der Waals surface area (Å²) < 4.78 is 29.2. The van der Waals surface area contributed by atoms with Gasteiger partial charge in [0.25, 0.3) is 10.0 Å². The number of hydrogen-bond donors (Lipinski definition) is 1. The molecule has 0 aliphatic heterocycles. The molecule has 0 bridgehead atoms. The molecule has 0 aromatic heterocycles. The van der Waals surface area contributed by atoms with Crippen LogP contribution in [-0.2, 0) is 26.2 Å². The van der Waals surface area contributed by atoms with Gasteiger partial charge >= 0.3 is 0 Å². The molecular weight excluding hydrogens is 558 g/mol. The number of hydrogen-bond acceptors (Lipinski definition) is 4. The van der Waals surface area contributed by atoms with Gasteiger partial charge < -0.3 is 10.2 Å². The monoisotopic (exact) mass is 597 g/mol. The molecule has 0 radical (unpaired) electrons. The van der Waals surface area contributed by atoms with Gasteiger partial charge in [0.15, 0.2) is 0 Å². The Morgan fingerprint density at radius 2 is 1.46 bits per heavy atom. The minimum atomic E-state index is -4.15. The van der Waals surface area contributed by atoms with Crippen LogP contribution in [0.25, 0.3) is 0 Å². The molecule has 0 saturated carbocycles. The molecule has 0 spiro atoms. The summed E-state index contributed by atoms with van der Waals surface area (Å²) in [6.45, 7) is 11.0. The maximum atomic E-state index is 14.2. The van der Waals surface area contributed by atoms with Crippen LogP contribution in [0.15, 0.2) is 71.6 Å². The summed E-state index contributed by atoms with van der Waals surface area (Å²) in [7, 11) is -4.15. The quantitative estimate of drug-likeness (QED) is 0.270. The molecule has 220 valence electrons. The molecule has 7 nitrogen and oxygen atoms in total. The van der Waals surface area contributed by atoms with E-state index in [4.69, 9.17) is 11.6 Å². The summed E-state index contributed by atoms with van der Waals surface area (Å²) in [4.78, 5) is 29.1. The highest BCUT2D eigenvalue weighted by Gasteiger charge is 2.34. The number of halogens is 1. The van der Waals surface area contributed by atoms with E-state index in [9.17, 15) is 18.0 Å². The Balaban J connectivity index is 2.09. The molecule has 0 aliphatic carbocycles. The lowest BCUT2D eigenvalue weighted by Crippen LogP contribution is -2.53. The second kappa shape index (κ2) is 14.0. The summed E-state index contributed by atoms with van der Waals surface area (Å²) in [5, 5.41) is 3.45. The van der Waals surface area contributed by atoms with Crippen LogP contribution in [0.3, 0.4) is 0 Å². The van der Waals surface area contributed by atoms with E-state index < -0.39 is 28.5 Å². The van der Waals surface area contributed by atoms with Crippen LogP contribution in [0.5, 0.6) is 0 Å². The fourth-order valence-corrected chi connectivity index (χ4v) is 6.21. The minimum absolute atomic E-state index is 0.0666. The third kappa shape index (κ3) is 8.11. The van der Waals surface area contributed by atoms with Crippen LogP contribution in [0, 0.1) is 20.8 Å². The van der Waals surface area contributed by atoms with E-state index in [0.717, 1.165) is 27.4 Å². The largest absolute Gasteiger partial charge is 0.352 e. The molecule has 41 heavy (non-hydrogen) atoms. The molecule has 0 saturated heterocycles. The van der Waals surface area contributed by atoms with Gasteiger partial charge in [0, 0.05) is 17.6 Å². The maximum absolute atomic E-state index is 14.2. The number of aryl methyl sites for hydroxylation is 3. The van der Waals surface area contributed by atoms with Crippen molar-refractivity contribution in [1.82, 2.24) is 10.2 Å². The summed E-state index contributed by atoms with van der Waals surface area (Å²) in [6, 6.07) is 18.3. The number of rotatable bonds is 12. The Labute approximate surface area is 249 Å². The average molecular weight is 598 g/mol. The zero-order valence-corrected chi connectivity index (χ0v) is 26.2. The summed E-state index contributed by atoms with van der Waals surface area (Å²) in [6.07, 6.45) is 1.11. The van der Waals surface area contributed by atoms with E-state index >= 15 is 0 Å². The zero-order valence-electron chi connectivity index (χ0n) is 24.6. The first-order valence-corrected chi connectivity index (χ1v) is 15.7. The van der Waals surface area contributed by atoms with Crippen LogP contribution in [0.4, 0.5) is 5.69 Å². The van der Waals surface area contributed by atoms with Crippen molar-refractivity contribution >= 4 is 39.1 Å². The molecule has 0 unspecified atom stereocenters. The second-order valence-electron chi connectivity index (χ2n) is 10.5. The summed E-state index contributed by atoms with van der Waals surface area (Å²) in [5.41, 5.74) is 3.77. The molecule has 1 N–H and O–H groups in total. The number of benzene rings is 3. The molecule has 3 aromatic carbocycles. The van der Waals surface area contributed by atoms with Crippen molar-refractivity contribution < 1.29 is 18.0 Å². The Bertz CT molecular complexity index is 1460. The SMILES string of the molecule is CC[C@@H](C)NC(=O)[C@@H](CC)N(Cc1ccc(C)cc1)C(=O)CN(c1ccc(Cl)cc1C)S(=O)(=O)c1ccc(C)cc1. The second-order valence-corrected chi connectivity index (χ2v) is 12.8. The maximum Gasteiger partial charge on any atom is 0.264 e. The topological polar surface area (TPSA) is 86.8 Å². The minimum Gasteiger partial charge on any atom is -0.352 e. The summed E-state index contributed by atoms with van der Waals surface area (Å²) >= 11 is 6.19. The Morgan fingerprint density at radius 1 is 0.878 bits per heavy atom. The van der Waals surface area contributed by atoms with Crippen molar-refractivity contribution in [3.63, 3.8) is 0 Å². The van der Waals surface area contributed by atoms with Crippen molar-refractivity contribution in [2.45, 2.75) is 77.9 Å². The van der Waals surface area contributed by atoms with Gasteiger partial charge in [0.2, 0.25) is 11.8 Å². The lowest BCUT2D eigenvalue weighted by molar-refractivity contribution is -0.140. The standard InChI is InChI=1S/C32H40ClN3O4S/c1-7-25(6)34-32(38)29(8-2)35(20-26-13-9-22(3)10-14-26)31(37)21-36(30-18-15-27(33)19-24(30)5)41(39,40)28-16-11-23(4)12-17-28/h9-19,25,29H,7-8,20-21H2,1-6H3,(H,34,38)/t25-,29-/m1/s1. The average Bonchev–Trinajstić information content (AvgIpc) is 2.93. The van der Waals surface area contributed by atoms with Crippen LogP contribution in [0.2, 0.25) is 5.02 Å². The molecule has 0 heterocycles. The van der Waals surface area contributed by atoms with Gasteiger partial charge in [-0.2, -0.15) is 0 Å². The van der Waals surface area contributed by atoms with Gasteiger partial charge in [-0.3, -0.25) is 13.9 Å². The third-order valence-electron chi connectivity index (χ3n) is 7.18. The molecule has 0 aliphatic rings. The van der Waals surface area contributed by atoms with Gasteiger partial charge in [0.1, 0.15) is 12.6 Å². The molecule has 2 atom stereocenters. The van der Waals surface area contributed by atoms with Crippen LogP contribution >= 0.6 is 11.6 Å². The zero-order chi connectivity index (χ0) is 30.3. The first kappa shape index (κ1) is 32.2. The first-order valence-electron chi connectivity index (χ1n) is 13.9. The Kier molecular flexibility index (Phi) is 11.0. The predicted octanol–water partition coefficient (Wildman–Crippen LogP) is 6.18. The van der Waals surface area contributed by atoms with Gasteiger partial charge in [-0.15, -0.1) is 0 Å². The fourth-order valence-electron chi connectivity index (χ4n) is 4.50. The first-order chi connectivity index (χ1) is 19.4. The number of sulfonamides is 1. The molecule has 9 heteroatoms.